The summed E-state index contributed by atoms with van der Waals surface area (Å²) in [4.78, 5) is 4.33. The third kappa shape index (κ3) is 2.25. The van der Waals surface area contributed by atoms with E-state index in [2.05, 4.69) is 4.98 Å². The zero-order chi connectivity index (χ0) is 11.7. The van der Waals surface area contributed by atoms with Gasteiger partial charge in [-0.25, -0.2) is 4.98 Å². The molecule has 17 heavy (non-hydrogen) atoms. The Hall–Kier alpha value is -1.59. The second-order valence-corrected chi connectivity index (χ2v) is 4.13. The van der Waals surface area contributed by atoms with Gasteiger partial charge in [-0.05, 0) is 18.6 Å². The molecule has 1 aromatic heterocycles. The van der Waals surface area contributed by atoms with E-state index in [9.17, 15) is 0 Å². The van der Waals surface area contributed by atoms with Crippen LogP contribution in [-0.4, -0.2) is 24.3 Å². The van der Waals surface area contributed by atoms with Crippen LogP contribution in [0.3, 0.4) is 0 Å². The maximum Gasteiger partial charge on any atom is 0.221 e. The molecule has 1 aliphatic heterocycles. The molecule has 1 aliphatic rings. The van der Waals surface area contributed by atoms with E-state index in [1.807, 2.05) is 6.07 Å². The van der Waals surface area contributed by atoms with Gasteiger partial charge in [-0.3, -0.25) is 0 Å². The molecule has 2 N–H and O–H groups in total. The quantitative estimate of drug-likeness (QED) is 0.819. The predicted molar refractivity (Wildman–Crippen MR) is 62.4 cm³/mol. The smallest absolute Gasteiger partial charge is 0.221 e. The van der Waals surface area contributed by atoms with Gasteiger partial charge in [-0.1, -0.05) is 0 Å². The molecular weight excluding hydrogens is 220 g/mol. The van der Waals surface area contributed by atoms with Crippen LogP contribution >= 0.6 is 0 Å². The first kappa shape index (κ1) is 10.6. The molecule has 0 spiro atoms. The lowest BCUT2D eigenvalue weighted by atomic mass is 10.3. The van der Waals surface area contributed by atoms with Gasteiger partial charge in [-0.2, -0.15) is 0 Å². The van der Waals surface area contributed by atoms with Crippen molar-refractivity contribution in [3.63, 3.8) is 0 Å². The largest absolute Gasteiger partial charge is 0.438 e. The number of aromatic nitrogens is 1. The average molecular weight is 234 g/mol. The second kappa shape index (κ2) is 4.35. The van der Waals surface area contributed by atoms with Gasteiger partial charge < -0.3 is 19.6 Å². The number of nitrogens with zero attached hydrogens (tertiary/aromatic N) is 1. The maximum atomic E-state index is 5.67. The van der Waals surface area contributed by atoms with E-state index in [0.29, 0.717) is 30.4 Å². The van der Waals surface area contributed by atoms with Crippen molar-refractivity contribution in [2.45, 2.75) is 19.1 Å². The molecule has 0 radical (unpaired) electrons. The van der Waals surface area contributed by atoms with Crippen molar-refractivity contribution in [1.29, 1.82) is 0 Å². The van der Waals surface area contributed by atoms with Crippen LogP contribution in [-0.2, 0) is 16.1 Å². The molecule has 0 amide bonds. The van der Waals surface area contributed by atoms with Gasteiger partial charge in [0.2, 0.25) is 5.89 Å². The topological polar surface area (TPSA) is 70.5 Å². The fourth-order valence-corrected chi connectivity index (χ4v) is 1.88. The number of nitrogen functional groups attached to an aromatic ring is 1. The van der Waals surface area contributed by atoms with E-state index in [4.69, 9.17) is 19.6 Å². The lowest BCUT2D eigenvalue weighted by molar-refractivity contribution is 0.0219. The lowest BCUT2D eigenvalue weighted by Crippen LogP contribution is -2.11. The van der Waals surface area contributed by atoms with E-state index in [-0.39, 0.29) is 6.10 Å². The van der Waals surface area contributed by atoms with Gasteiger partial charge in [0.25, 0.3) is 0 Å². The van der Waals surface area contributed by atoms with E-state index < -0.39 is 0 Å². The molecule has 0 saturated carbocycles. The van der Waals surface area contributed by atoms with E-state index in [1.165, 1.54) is 0 Å². The van der Waals surface area contributed by atoms with Crippen LogP contribution < -0.4 is 5.73 Å². The molecule has 0 bridgehead atoms. The number of anilines is 1. The first-order valence-corrected chi connectivity index (χ1v) is 5.65. The van der Waals surface area contributed by atoms with Crippen LogP contribution in [0.2, 0.25) is 0 Å². The van der Waals surface area contributed by atoms with Gasteiger partial charge in [0.15, 0.2) is 5.58 Å². The van der Waals surface area contributed by atoms with Crippen molar-refractivity contribution in [3.8, 4) is 0 Å². The third-order valence-electron chi connectivity index (χ3n) is 2.79. The molecule has 1 saturated heterocycles. The first-order valence-electron chi connectivity index (χ1n) is 5.65. The monoisotopic (exact) mass is 234 g/mol. The van der Waals surface area contributed by atoms with Crippen LogP contribution in [0.25, 0.3) is 11.1 Å². The molecular formula is C12H14N2O3. The van der Waals surface area contributed by atoms with Crippen LogP contribution in [0.15, 0.2) is 22.6 Å². The van der Waals surface area contributed by atoms with Crippen molar-refractivity contribution in [2.24, 2.45) is 0 Å². The zero-order valence-corrected chi connectivity index (χ0v) is 9.39. The number of fused-ring (bicyclic) bond motifs is 1. The average Bonchev–Trinajstić information content (AvgIpc) is 2.94. The highest BCUT2D eigenvalue weighted by Crippen LogP contribution is 2.19. The Morgan fingerprint density at radius 1 is 1.47 bits per heavy atom. The number of ether oxygens (including phenoxy) is 2. The summed E-state index contributed by atoms with van der Waals surface area (Å²) in [6, 6.07) is 5.42. The minimum atomic E-state index is 0.162. The number of hydrogen-bond donors (Lipinski definition) is 1. The van der Waals surface area contributed by atoms with Gasteiger partial charge >= 0.3 is 0 Å². The summed E-state index contributed by atoms with van der Waals surface area (Å²) in [5.74, 6) is 0.581. The first-order chi connectivity index (χ1) is 8.31. The van der Waals surface area contributed by atoms with Crippen LogP contribution in [0.4, 0.5) is 5.69 Å². The highest BCUT2D eigenvalue weighted by Gasteiger charge is 2.17. The molecule has 90 valence electrons. The van der Waals surface area contributed by atoms with Crippen molar-refractivity contribution < 1.29 is 13.9 Å². The summed E-state index contributed by atoms with van der Waals surface area (Å²) >= 11 is 0. The van der Waals surface area contributed by atoms with E-state index in [1.54, 1.807) is 12.1 Å². The van der Waals surface area contributed by atoms with Crippen LogP contribution in [0.5, 0.6) is 0 Å². The Kier molecular flexibility index (Phi) is 2.70. The molecule has 3 rings (SSSR count). The molecule has 2 aromatic rings. The third-order valence-corrected chi connectivity index (χ3v) is 2.79. The predicted octanol–water partition coefficient (Wildman–Crippen LogP) is 1.72. The number of hydrogen-bond acceptors (Lipinski definition) is 5. The fourth-order valence-electron chi connectivity index (χ4n) is 1.88. The highest BCUT2D eigenvalue weighted by atomic mass is 16.5. The summed E-state index contributed by atoms with van der Waals surface area (Å²) in [6.07, 6.45) is 1.10. The summed E-state index contributed by atoms with van der Waals surface area (Å²) in [6.45, 7) is 1.81. The van der Waals surface area contributed by atoms with Crippen molar-refractivity contribution >= 4 is 16.8 Å². The van der Waals surface area contributed by atoms with E-state index >= 15 is 0 Å². The Morgan fingerprint density at radius 3 is 3.24 bits per heavy atom. The minimum Gasteiger partial charge on any atom is -0.438 e. The zero-order valence-electron chi connectivity index (χ0n) is 9.39. The SMILES string of the molecule is Nc1ccc2nc(COC3CCOC3)oc2c1. The fraction of sp³-hybridized carbons (Fsp3) is 0.417. The lowest BCUT2D eigenvalue weighted by Gasteiger charge is -2.06. The minimum absolute atomic E-state index is 0.162. The Morgan fingerprint density at radius 2 is 2.41 bits per heavy atom. The Labute approximate surface area is 98.5 Å². The van der Waals surface area contributed by atoms with Crippen LogP contribution in [0, 0.1) is 0 Å². The molecule has 1 atom stereocenters. The maximum absolute atomic E-state index is 5.67. The van der Waals surface area contributed by atoms with Gasteiger partial charge in [-0.15, -0.1) is 0 Å². The van der Waals surface area contributed by atoms with Gasteiger partial charge in [0.05, 0.1) is 12.7 Å². The molecule has 2 heterocycles. The second-order valence-electron chi connectivity index (χ2n) is 4.13. The number of rotatable bonds is 3. The standard InChI is InChI=1S/C12H14N2O3/c13-8-1-2-10-11(5-8)17-12(14-10)7-16-9-3-4-15-6-9/h1-2,5,9H,3-4,6-7,13H2. The molecule has 1 unspecified atom stereocenters. The number of nitrogens with two attached hydrogens (primary N) is 1. The van der Waals surface area contributed by atoms with Crippen molar-refractivity contribution in [1.82, 2.24) is 4.98 Å². The summed E-state index contributed by atoms with van der Waals surface area (Å²) < 4.78 is 16.4. The van der Waals surface area contributed by atoms with Gasteiger partial charge in [0, 0.05) is 18.4 Å². The van der Waals surface area contributed by atoms with Gasteiger partial charge in [0.1, 0.15) is 12.1 Å². The van der Waals surface area contributed by atoms with Crippen LogP contribution in [0.1, 0.15) is 12.3 Å². The molecule has 1 fully saturated rings. The molecule has 5 nitrogen and oxygen atoms in total. The Balaban J connectivity index is 1.72. The molecule has 0 aliphatic carbocycles. The molecule has 1 aromatic carbocycles. The highest BCUT2D eigenvalue weighted by molar-refractivity contribution is 5.76. The summed E-state index contributed by atoms with van der Waals surface area (Å²) in [5.41, 5.74) is 7.85. The summed E-state index contributed by atoms with van der Waals surface area (Å²) in [7, 11) is 0. The van der Waals surface area contributed by atoms with E-state index in [0.717, 1.165) is 18.5 Å². The number of benzene rings is 1. The summed E-state index contributed by atoms with van der Waals surface area (Å²) in [5, 5.41) is 0. The molecule has 5 heteroatoms. The normalized spacial score (nSPS) is 20.1. The van der Waals surface area contributed by atoms with Crippen molar-refractivity contribution in [2.75, 3.05) is 18.9 Å². The Bertz CT molecular complexity index is 517. The number of oxazole rings is 1. The van der Waals surface area contributed by atoms with Crippen molar-refractivity contribution in [3.05, 3.63) is 24.1 Å².